The third-order valence-corrected chi connectivity index (χ3v) is 4.68. The predicted molar refractivity (Wildman–Crippen MR) is 104 cm³/mol. The maximum absolute atomic E-state index is 12.9. The van der Waals surface area contributed by atoms with Gasteiger partial charge in [-0.25, -0.2) is 4.79 Å². The number of benzene rings is 1. The van der Waals surface area contributed by atoms with E-state index in [0.717, 1.165) is 0 Å². The number of carbonyl (C=O) groups excluding carboxylic acids is 1. The van der Waals surface area contributed by atoms with E-state index in [2.05, 4.69) is 4.98 Å². The Labute approximate surface area is 167 Å². The number of hydrogen-bond acceptors (Lipinski definition) is 8. The molecule has 2 heterocycles. The van der Waals surface area contributed by atoms with Crippen LogP contribution in [0.5, 0.6) is 23.0 Å². The number of ether oxygens (including phenoxy) is 5. The highest BCUT2D eigenvalue weighted by Gasteiger charge is 2.39. The Balaban J connectivity index is 2.39. The Morgan fingerprint density at radius 1 is 1.03 bits per heavy atom. The summed E-state index contributed by atoms with van der Waals surface area (Å²) in [5.74, 6) is -0.359. The second-order valence-electron chi connectivity index (χ2n) is 6.31. The molecule has 0 aliphatic carbocycles. The van der Waals surface area contributed by atoms with Crippen LogP contribution in [0.4, 0.5) is 0 Å². The number of aromatic amines is 1. The van der Waals surface area contributed by atoms with Crippen LogP contribution < -0.4 is 30.2 Å². The standard InChI is InChI=1S/C20H22N2O7/c1-9-6-14-16(19(23)22-9)15(17(18(21)29-14)20(24)28-5)10-7-12(26-3)13(27-4)8-11(10)25-2/h6-8,15H,21H2,1-5H3,(H,22,23). The highest BCUT2D eigenvalue weighted by atomic mass is 16.5. The van der Waals surface area contributed by atoms with Crippen molar-refractivity contribution in [2.75, 3.05) is 28.4 Å². The highest BCUT2D eigenvalue weighted by molar-refractivity contribution is 5.93. The van der Waals surface area contributed by atoms with E-state index >= 15 is 0 Å². The van der Waals surface area contributed by atoms with Crippen molar-refractivity contribution in [2.24, 2.45) is 5.73 Å². The smallest absolute Gasteiger partial charge is 0.340 e. The van der Waals surface area contributed by atoms with Crippen molar-refractivity contribution in [3.8, 4) is 23.0 Å². The number of methoxy groups -OCH3 is 4. The summed E-state index contributed by atoms with van der Waals surface area (Å²) in [6.07, 6.45) is 0. The minimum Gasteiger partial charge on any atom is -0.496 e. The van der Waals surface area contributed by atoms with E-state index in [1.807, 2.05) is 0 Å². The number of carbonyl (C=O) groups is 1. The van der Waals surface area contributed by atoms with Gasteiger partial charge in [-0.05, 0) is 13.0 Å². The summed E-state index contributed by atoms with van der Waals surface area (Å²) in [6.45, 7) is 1.72. The molecule has 1 aliphatic rings. The van der Waals surface area contributed by atoms with Gasteiger partial charge in [0.25, 0.3) is 5.56 Å². The number of aryl methyl sites for hydroxylation is 1. The number of esters is 1. The first-order chi connectivity index (χ1) is 13.9. The number of nitrogens with one attached hydrogen (secondary N) is 1. The summed E-state index contributed by atoms with van der Waals surface area (Å²) >= 11 is 0. The summed E-state index contributed by atoms with van der Waals surface area (Å²) in [5, 5.41) is 0. The zero-order valence-corrected chi connectivity index (χ0v) is 16.7. The number of aromatic nitrogens is 1. The average Bonchev–Trinajstić information content (AvgIpc) is 2.70. The first-order valence-corrected chi connectivity index (χ1v) is 8.65. The Morgan fingerprint density at radius 3 is 2.24 bits per heavy atom. The van der Waals surface area contributed by atoms with Gasteiger partial charge in [0.1, 0.15) is 17.1 Å². The van der Waals surface area contributed by atoms with Crippen LogP contribution >= 0.6 is 0 Å². The molecule has 0 fully saturated rings. The lowest BCUT2D eigenvalue weighted by atomic mass is 9.82. The highest BCUT2D eigenvalue weighted by Crippen LogP contribution is 2.47. The Morgan fingerprint density at radius 2 is 1.66 bits per heavy atom. The van der Waals surface area contributed by atoms with Crippen LogP contribution in [0.3, 0.4) is 0 Å². The largest absolute Gasteiger partial charge is 0.496 e. The summed E-state index contributed by atoms with van der Waals surface area (Å²) < 4.78 is 26.7. The van der Waals surface area contributed by atoms with Crippen LogP contribution in [0.1, 0.15) is 22.7 Å². The SMILES string of the molecule is COC(=O)C1=C(N)Oc2cc(C)[nH]c(=O)c2C1c1cc(OC)c(OC)cc1OC. The van der Waals surface area contributed by atoms with Crippen LogP contribution in [-0.4, -0.2) is 39.4 Å². The maximum atomic E-state index is 12.9. The van der Waals surface area contributed by atoms with Gasteiger partial charge in [0.15, 0.2) is 11.5 Å². The van der Waals surface area contributed by atoms with E-state index in [1.165, 1.54) is 28.4 Å². The molecule has 9 heteroatoms. The molecule has 2 aromatic rings. The van der Waals surface area contributed by atoms with Gasteiger partial charge in [-0.3, -0.25) is 4.79 Å². The van der Waals surface area contributed by atoms with Gasteiger partial charge in [0.2, 0.25) is 5.88 Å². The van der Waals surface area contributed by atoms with Crippen molar-refractivity contribution < 1.29 is 28.5 Å². The van der Waals surface area contributed by atoms with Gasteiger partial charge in [0.05, 0.1) is 39.9 Å². The molecular weight excluding hydrogens is 380 g/mol. The molecule has 9 nitrogen and oxygen atoms in total. The van der Waals surface area contributed by atoms with Crippen LogP contribution in [-0.2, 0) is 9.53 Å². The van der Waals surface area contributed by atoms with Crippen molar-refractivity contribution in [1.82, 2.24) is 4.98 Å². The van der Waals surface area contributed by atoms with Gasteiger partial charge in [-0.1, -0.05) is 0 Å². The second kappa shape index (κ2) is 7.78. The Bertz CT molecular complexity index is 1060. The monoisotopic (exact) mass is 402 g/mol. The minimum absolute atomic E-state index is 0.0140. The fraction of sp³-hybridized carbons (Fsp3) is 0.300. The number of hydrogen-bond donors (Lipinski definition) is 2. The number of pyridine rings is 1. The zero-order valence-electron chi connectivity index (χ0n) is 16.7. The van der Waals surface area contributed by atoms with E-state index in [0.29, 0.717) is 28.5 Å². The van der Waals surface area contributed by atoms with E-state index in [-0.39, 0.29) is 22.8 Å². The quantitative estimate of drug-likeness (QED) is 0.723. The number of H-pyrrole nitrogens is 1. The van der Waals surface area contributed by atoms with E-state index in [9.17, 15) is 9.59 Å². The third kappa shape index (κ3) is 3.35. The molecule has 1 aliphatic heterocycles. The second-order valence-corrected chi connectivity index (χ2v) is 6.31. The molecule has 0 saturated carbocycles. The minimum atomic E-state index is -0.912. The fourth-order valence-electron chi connectivity index (χ4n) is 3.40. The molecule has 0 radical (unpaired) electrons. The van der Waals surface area contributed by atoms with Gasteiger partial charge in [-0.2, -0.15) is 0 Å². The van der Waals surface area contributed by atoms with Crippen molar-refractivity contribution in [1.29, 1.82) is 0 Å². The summed E-state index contributed by atoms with van der Waals surface area (Å²) in [7, 11) is 5.66. The lowest BCUT2D eigenvalue weighted by Gasteiger charge is -2.29. The van der Waals surface area contributed by atoms with Gasteiger partial charge in [-0.15, -0.1) is 0 Å². The fourth-order valence-corrected chi connectivity index (χ4v) is 3.40. The third-order valence-electron chi connectivity index (χ3n) is 4.68. The maximum Gasteiger partial charge on any atom is 0.340 e. The number of rotatable bonds is 5. The molecule has 0 bridgehead atoms. The zero-order chi connectivity index (χ0) is 21.3. The first kappa shape index (κ1) is 20.1. The van der Waals surface area contributed by atoms with Crippen LogP contribution in [0.25, 0.3) is 0 Å². The van der Waals surface area contributed by atoms with E-state index in [4.69, 9.17) is 29.4 Å². The van der Waals surface area contributed by atoms with Crippen LogP contribution in [0, 0.1) is 6.92 Å². The molecule has 3 rings (SSSR count). The number of fused-ring (bicyclic) bond motifs is 1. The summed E-state index contributed by atoms with van der Waals surface area (Å²) in [5.41, 5.74) is 6.88. The molecule has 0 amide bonds. The molecule has 1 unspecified atom stereocenters. The van der Waals surface area contributed by atoms with Gasteiger partial charge < -0.3 is 34.4 Å². The van der Waals surface area contributed by atoms with Crippen molar-refractivity contribution in [2.45, 2.75) is 12.8 Å². The summed E-state index contributed by atoms with van der Waals surface area (Å²) in [4.78, 5) is 28.2. The number of nitrogens with two attached hydrogens (primary N) is 1. The molecule has 0 spiro atoms. The summed E-state index contributed by atoms with van der Waals surface area (Å²) in [6, 6.07) is 4.88. The van der Waals surface area contributed by atoms with Gasteiger partial charge in [0, 0.05) is 23.4 Å². The van der Waals surface area contributed by atoms with Crippen molar-refractivity contribution >= 4 is 5.97 Å². The molecule has 3 N–H and O–H groups in total. The topological polar surface area (TPSA) is 122 Å². The van der Waals surface area contributed by atoms with Crippen LogP contribution in [0.2, 0.25) is 0 Å². The normalized spacial score (nSPS) is 15.3. The molecule has 0 saturated heterocycles. The molecule has 154 valence electrons. The molecule has 1 aromatic heterocycles. The lowest BCUT2D eigenvalue weighted by Crippen LogP contribution is -2.32. The Hall–Kier alpha value is -3.62. The van der Waals surface area contributed by atoms with Gasteiger partial charge >= 0.3 is 5.97 Å². The van der Waals surface area contributed by atoms with Crippen molar-refractivity contribution in [3.05, 3.63) is 56.8 Å². The molecular formula is C20H22N2O7. The van der Waals surface area contributed by atoms with E-state index < -0.39 is 17.4 Å². The average molecular weight is 402 g/mol. The Kier molecular flexibility index (Phi) is 5.40. The predicted octanol–water partition coefficient (Wildman–Crippen LogP) is 1.58. The van der Waals surface area contributed by atoms with E-state index in [1.54, 1.807) is 25.1 Å². The van der Waals surface area contributed by atoms with Crippen LogP contribution in [0.15, 0.2) is 34.4 Å². The molecule has 1 aromatic carbocycles. The first-order valence-electron chi connectivity index (χ1n) is 8.65. The van der Waals surface area contributed by atoms with Crippen molar-refractivity contribution in [3.63, 3.8) is 0 Å². The molecule has 1 atom stereocenters. The molecule has 29 heavy (non-hydrogen) atoms. The lowest BCUT2D eigenvalue weighted by molar-refractivity contribution is -0.136.